The minimum Gasteiger partial charge on any atom is -0.494 e. The highest BCUT2D eigenvalue weighted by Crippen LogP contribution is 2.32. The van der Waals surface area contributed by atoms with Crippen LogP contribution in [0.5, 0.6) is 5.75 Å². The predicted octanol–water partition coefficient (Wildman–Crippen LogP) is 4.97. The molecule has 1 N–H and O–H groups in total. The summed E-state index contributed by atoms with van der Waals surface area (Å²) in [6.07, 6.45) is 0. The van der Waals surface area contributed by atoms with Gasteiger partial charge in [-0.3, -0.25) is 4.79 Å². The number of aromatic nitrogens is 2. The molecule has 2 heterocycles. The number of para-hydroxylation sites is 2. The number of benzene rings is 3. The smallest absolute Gasteiger partial charge is 0.257 e. The Hall–Kier alpha value is -3.51. The van der Waals surface area contributed by atoms with Crippen LogP contribution in [-0.4, -0.2) is 29.1 Å². The largest absolute Gasteiger partial charge is 0.494 e. The zero-order valence-electron chi connectivity index (χ0n) is 17.0. The molecule has 31 heavy (non-hydrogen) atoms. The number of nitrogens with one attached hydrogen (secondary N) is 1. The van der Waals surface area contributed by atoms with Gasteiger partial charge >= 0.3 is 0 Å². The molecule has 156 valence electrons. The number of imidazole rings is 1. The van der Waals surface area contributed by atoms with Crippen molar-refractivity contribution in [3.8, 4) is 5.75 Å². The first-order valence-electron chi connectivity index (χ1n) is 10.1. The van der Waals surface area contributed by atoms with Gasteiger partial charge in [0.05, 0.1) is 41.0 Å². The number of carbonyl (C=O) groups is 1. The Morgan fingerprint density at radius 2 is 1.87 bits per heavy atom. The lowest BCUT2D eigenvalue weighted by Crippen LogP contribution is -2.33. The molecule has 0 radical (unpaired) electrons. The molecule has 1 amide bonds. The standard InChI is InChI=1S/C24H21ClN4O2/c1-31-22-14-16(10-11-20(22)27-24(30)17-6-2-3-7-18(17)25)28-12-13-29-21-9-5-4-8-19(21)26-23(29)15-28/h2-11,14H,12-13,15H2,1H3,(H,27,30). The number of rotatable bonds is 4. The molecule has 0 saturated heterocycles. The lowest BCUT2D eigenvalue weighted by molar-refractivity contribution is 0.102. The Kier molecular flexibility index (Phi) is 5.00. The summed E-state index contributed by atoms with van der Waals surface area (Å²) in [7, 11) is 1.60. The molecule has 0 atom stereocenters. The maximum Gasteiger partial charge on any atom is 0.257 e. The molecule has 0 bridgehead atoms. The van der Waals surface area contributed by atoms with Crippen molar-refractivity contribution in [2.24, 2.45) is 0 Å². The Balaban J connectivity index is 1.39. The summed E-state index contributed by atoms with van der Waals surface area (Å²) in [4.78, 5) is 19.7. The average molecular weight is 433 g/mol. The molecule has 1 aromatic heterocycles. The molecule has 0 unspecified atom stereocenters. The zero-order chi connectivity index (χ0) is 21.4. The van der Waals surface area contributed by atoms with Crippen molar-refractivity contribution in [1.29, 1.82) is 0 Å². The molecular formula is C24H21ClN4O2. The maximum atomic E-state index is 12.6. The van der Waals surface area contributed by atoms with Crippen LogP contribution >= 0.6 is 11.6 Å². The minimum atomic E-state index is -0.275. The third-order valence-corrected chi connectivity index (χ3v) is 5.91. The molecule has 0 spiro atoms. The second-order valence-electron chi connectivity index (χ2n) is 7.41. The number of carbonyl (C=O) groups excluding carboxylic acids is 1. The van der Waals surface area contributed by atoms with Crippen molar-refractivity contribution >= 4 is 39.9 Å². The molecule has 0 fully saturated rings. The van der Waals surface area contributed by atoms with Gasteiger partial charge in [-0.1, -0.05) is 35.9 Å². The van der Waals surface area contributed by atoms with E-state index < -0.39 is 0 Å². The fourth-order valence-corrected chi connectivity index (χ4v) is 4.22. The number of anilines is 2. The highest BCUT2D eigenvalue weighted by molar-refractivity contribution is 6.34. The number of amides is 1. The predicted molar refractivity (Wildman–Crippen MR) is 123 cm³/mol. The summed E-state index contributed by atoms with van der Waals surface area (Å²) in [5.74, 6) is 1.36. The van der Waals surface area contributed by atoms with Gasteiger partial charge in [-0.2, -0.15) is 0 Å². The Labute approximate surface area is 185 Å². The Morgan fingerprint density at radius 1 is 1.06 bits per heavy atom. The van der Waals surface area contributed by atoms with Crippen molar-refractivity contribution in [3.05, 3.63) is 83.1 Å². The van der Waals surface area contributed by atoms with Gasteiger partial charge in [-0.15, -0.1) is 0 Å². The first-order valence-corrected chi connectivity index (χ1v) is 10.4. The number of hydrogen-bond donors (Lipinski definition) is 1. The van der Waals surface area contributed by atoms with Crippen LogP contribution in [0.25, 0.3) is 11.0 Å². The molecule has 5 rings (SSSR count). The van der Waals surface area contributed by atoms with Gasteiger partial charge in [0.2, 0.25) is 0 Å². The monoisotopic (exact) mass is 432 g/mol. The van der Waals surface area contributed by atoms with Crippen LogP contribution in [0.4, 0.5) is 11.4 Å². The van der Waals surface area contributed by atoms with E-state index in [0.717, 1.165) is 30.1 Å². The highest BCUT2D eigenvalue weighted by Gasteiger charge is 2.21. The van der Waals surface area contributed by atoms with Gasteiger partial charge in [0, 0.05) is 24.8 Å². The summed E-state index contributed by atoms with van der Waals surface area (Å²) in [6.45, 7) is 2.44. The van der Waals surface area contributed by atoms with E-state index in [4.69, 9.17) is 21.3 Å². The molecule has 1 aliphatic rings. The summed E-state index contributed by atoms with van der Waals surface area (Å²) in [6, 6.07) is 21.0. The lowest BCUT2D eigenvalue weighted by atomic mass is 10.2. The van der Waals surface area contributed by atoms with Crippen molar-refractivity contribution in [2.45, 2.75) is 13.1 Å². The van der Waals surface area contributed by atoms with E-state index in [-0.39, 0.29) is 5.91 Å². The normalized spacial score (nSPS) is 13.2. The maximum absolute atomic E-state index is 12.6. The summed E-state index contributed by atoms with van der Waals surface area (Å²) >= 11 is 6.15. The van der Waals surface area contributed by atoms with Gasteiger partial charge in [0.25, 0.3) is 5.91 Å². The molecule has 7 heteroatoms. The van der Waals surface area contributed by atoms with Crippen LogP contribution in [0.1, 0.15) is 16.2 Å². The fourth-order valence-electron chi connectivity index (χ4n) is 4.00. The van der Waals surface area contributed by atoms with E-state index in [9.17, 15) is 4.79 Å². The quantitative estimate of drug-likeness (QED) is 0.494. The number of ether oxygens (including phenoxy) is 1. The second kappa shape index (κ2) is 7.96. The number of fused-ring (bicyclic) bond motifs is 3. The third-order valence-electron chi connectivity index (χ3n) is 5.58. The molecule has 1 aliphatic heterocycles. The lowest BCUT2D eigenvalue weighted by Gasteiger charge is -2.30. The Bertz CT molecular complexity index is 1280. The summed E-state index contributed by atoms with van der Waals surface area (Å²) in [5.41, 5.74) is 4.23. The van der Waals surface area contributed by atoms with Crippen molar-refractivity contribution < 1.29 is 9.53 Å². The number of methoxy groups -OCH3 is 1. The molecule has 3 aromatic carbocycles. The molecular weight excluding hydrogens is 412 g/mol. The SMILES string of the molecule is COc1cc(N2CCn3c(nc4ccccc43)C2)ccc1NC(=O)c1ccccc1Cl. The molecule has 0 aliphatic carbocycles. The minimum absolute atomic E-state index is 0.275. The first kappa shape index (κ1) is 19.5. The van der Waals surface area contributed by atoms with Gasteiger partial charge in [0.15, 0.2) is 0 Å². The number of halogens is 1. The molecule has 4 aromatic rings. The van der Waals surface area contributed by atoms with Crippen LogP contribution in [-0.2, 0) is 13.1 Å². The van der Waals surface area contributed by atoms with Crippen LogP contribution in [0.2, 0.25) is 5.02 Å². The Morgan fingerprint density at radius 3 is 2.71 bits per heavy atom. The second-order valence-corrected chi connectivity index (χ2v) is 7.82. The summed E-state index contributed by atoms with van der Waals surface area (Å²) in [5, 5.41) is 3.31. The fraction of sp³-hybridized carbons (Fsp3) is 0.167. The van der Waals surface area contributed by atoms with Gasteiger partial charge in [-0.05, 0) is 36.4 Å². The van der Waals surface area contributed by atoms with Crippen LogP contribution in [0, 0.1) is 0 Å². The van der Waals surface area contributed by atoms with E-state index in [1.807, 2.05) is 36.4 Å². The van der Waals surface area contributed by atoms with Crippen molar-refractivity contribution in [1.82, 2.24) is 9.55 Å². The third kappa shape index (κ3) is 3.59. The topological polar surface area (TPSA) is 59.4 Å². The highest BCUT2D eigenvalue weighted by atomic mass is 35.5. The van der Waals surface area contributed by atoms with E-state index in [1.165, 1.54) is 5.52 Å². The van der Waals surface area contributed by atoms with E-state index in [2.05, 4.69) is 20.9 Å². The molecule has 6 nitrogen and oxygen atoms in total. The number of nitrogens with zero attached hydrogens (tertiary/aromatic N) is 3. The van der Waals surface area contributed by atoms with Crippen LogP contribution in [0.15, 0.2) is 66.7 Å². The van der Waals surface area contributed by atoms with Crippen LogP contribution in [0.3, 0.4) is 0 Å². The van der Waals surface area contributed by atoms with E-state index in [0.29, 0.717) is 28.6 Å². The van der Waals surface area contributed by atoms with Gasteiger partial charge < -0.3 is 19.5 Å². The van der Waals surface area contributed by atoms with Gasteiger partial charge in [0.1, 0.15) is 11.6 Å². The van der Waals surface area contributed by atoms with E-state index in [1.54, 1.807) is 31.4 Å². The average Bonchev–Trinajstić information content (AvgIpc) is 3.17. The number of hydrogen-bond acceptors (Lipinski definition) is 4. The van der Waals surface area contributed by atoms with E-state index >= 15 is 0 Å². The first-order chi connectivity index (χ1) is 15.1. The van der Waals surface area contributed by atoms with Crippen molar-refractivity contribution in [3.63, 3.8) is 0 Å². The van der Waals surface area contributed by atoms with Gasteiger partial charge in [-0.25, -0.2) is 4.98 Å². The summed E-state index contributed by atoms with van der Waals surface area (Å²) < 4.78 is 7.85. The van der Waals surface area contributed by atoms with Crippen LogP contribution < -0.4 is 15.0 Å². The molecule has 0 saturated carbocycles. The zero-order valence-corrected chi connectivity index (χ0v) is 17.8. The van der Waals surface area contributed by atoms with Crippen molar-refractivity contribution in [2.75, 3.05) is 23.9 Å².